The summed E-state index contributed by atoms with van der Waals surface area (Å²) in [6, 6.07) is 9.62. The van der Waals surface area contributed by atoms with Gasteiger partial charge in [-0.15, -0.1) is 11.3 Å². The Morgan fingerprint density at radius 3 is 2.50 bits per heavy atom. The number of benzene rings is 1. The first-order valence-electron chi connectivity index (χ1n) is 6.82. The lowest BCUT2D eigenvalue weighted by atomic mass is 10.2. The predicted molar refractivity (Wildman–Crippen MR) is 88.7 cm³/mol. The van der Waals surface area contributed by atoms with Crippen molar-refractivity contribution in [1.29, 1.82) is 5.26 Å². The van der Waals surface area contributed by atoms with Crippen LogP contribution >= 0.6 is 11.3 Å². The van der Waals surface area contributed by atoms with Crippen molar-refractivity contribution in [2.75, 3.05) is 17.2 Å². The van der Waals surface area contributed by atoms with Crippen LogP contribution in [-0.4, -0.2) is 24.4 Å². The Hall–Kier alpha value is -3.18. The number of anilines is 2. The van der Waals surface area contributed by atoms with E-state index < -0.39 is 18.5 Å². The lowest BCUT2D eigenvalue weighted by Gasteiger charge is -2.06. The second-order valence-electron chi connectivity index (χ2n) is 4.66. The summed E-state index contributed by atoms with van der Waals surface area (Å²) in [7, 11) is 0. The molecular weight excluding hydrogens is 330 g/mol. The summed E-state index contributed by atoms with van der Waals surface area (Å²) in [5.41, 5.74) is 1.16. The van der Waals surface area contributed by atoms with E-state index in [-0.39, 0.29) is 11.5 Å². The van der Waals surface area contributed by atoms with E-state index in [0.29, 0.717) is 16.3 Å². The smallest absolute Gasteiger partial charge is 0.338 e. The van der Waals surface area contributed by atoms with Crippen molar-refractivity contribution >= 4 is 39.8 Å². The molecule has 0 atom stereocenters. The molecule has 0 bridgehead atoms. The Labute approximate surface area is 141 Å². The first-order valence-corrected chi connectivity index (χ1v) is 7.70. The zero-order valence-electron chi connectivity index (χ0n) is 12.7. The molecule has 0 fully saturated rings. The molecule has 0 radical (unpaired) electrons. The molecule has 0 aliphatic heterocycles. The van der Waals surface area contributed by atoms with Crippen LogP contribution < -0.4 is 10.6 Å². The molecule has 122 valence electrons. The Morgan fingerprint density at radius 2 is 1.88 bits per heavy atom. The van der Waals surface area contributed by atoms with Gasteiger partial charge in [0.05, 0.1) is 11.1 Å². The molecule has 0 spiro atoms. The first kappa shape index (κ1) is 17.2. The van der Waals surface area contributed by atoms with E-state index in [1.54, 1.807) is 23.6 Å². The number of esters is 1. The van der Waals surface area contributed by atoms with Crippen molar-refractivity contribution in [1.82, 2.24) is 0 Å². The van der Waals surface area contributed by atoms with E-state index in [9.17, 15) is 14.4 Å². The molecule has 2 aromatic rings. The van der Waals surface area contributed by atoms with Crippen LogP contribution in [0.5, 0.6) is 0 Å². The quantitative estimate of drug-likeness (QED) is 0.810. The maximum Gasteiger partial charge on any atom is 0.338 e. The first-order chi connectivity index (χ1) is 11.5. The van der Waals surface area contributed by atoms with E-state index in [2.05, 4.69) is 10.6 Å². The average Bonchev–Trinajstić information content (AvgIpc) is 3.00. The van der Waals surface area contributed by atoms with Gasteiger partial charge in [0.15, 0.2) is 6.61 Å². The number of nitrogens with zero attached hydrogens (tertiary/aromatic N) is 1. The standard InChI is InChI=1S/C16H13N3O4S/c1-10(20)18-13-4-2-11(3-5-13)16(22)23-9-14(21)19-15-12(8-17)6-7-24-15/h2-7H,9H2,1H3,(H,18,20)(H,19,21). The number of thiophene rings is 1. The Kier molecular flexibility index (Phi) is 5.65. The fraction of sp³-hybridized carbons (Fsp3) is 0.125. The van der Waals surface area contributed by atoms with Crippen LogP contribution in [0.25, 0.3) is 0 Å². The monoisotopic (exact) mass is 343 g/mol. The largest absolute Gasteiger partial charge is 0.452 e. The van der Waals surface area contributed by atoms with Crippen molar-refractivity contribution in [3.8, 4) is 6.07 Å². The van der Waals surface area contributed by atoms with Crippen LogP contribution in [0.3, 0.4) is 0 Å². The van der Waals surface area contributed by atoms with Gasteiger partial charge in [0.2, 0.25) is 5.91 Å². The molecule has 0 saturated heterocycles. The van der Waals surface area contributed by atoms with E-state index in [1.165, 1.54) is 30.4 Å². The minimum Gasteiger partial charge on any atom is -0.452 e. The summed E-state index contributed by atoms with van der Waals surface area (Å²) >= 11 is 1.21. The molecule has 0 aliphatic rings. The van der Waals surface area contributed by atoms with Crippen molar-refractivity contribution in [2.45, 2.75) is 6.92 Å². The van der Waals surface area contributed by atoms with E-state index in [1.807, 2.05) is 6.07 Å². The Bertz CT molecular complexity index is 805. The van der Waals surface area contributed by atoms with Crippen molar-refractivity contribution in [3.05, 3.63) is 46.8 Å². The lowest BCUT2D eigenvalue weighted by Crippen LogP contribution is -2.20. The third kappa shape index (κ3) is 4.66. The SMILES string of the molecule is CC(=O)Nc1ccc(C(=O)OCC(=O)Nc2sccc2C#N)cc1. The summed E-state index contributed by atoms with van der Waals surface area (Å²) < 4.78 is 4.92. The minimum atomic E-state index is -0.661. The van der Waals surface area contributed by atoms with E-state index in [4.69, 9.17) is 10.00 Å². The minimum absolute atomic E-state index is 0.215. The van der Waals surface area contributed by atoms with Crippen LogP contribution in [0, 0.1) is 11.3 Å². The molecule has 2 amide bonds. The van der Waals surface area contributed by atoms with Crippen molar-refractivity contribution in [3.63, 3.8) is 0 Å². The molecule has 0 unspecified atom stereocenters. The highest BCUT2D eigenvalue weighted by Gasteiger charge is 2.12. The fourth-order valence-corrected chi connectivity index (χ4v) is 2.52. The molecule has 8 heteroatoms. The average molecular weight is 343 g/mol. The second-order valence-corrected chi connectivity index (χ2v) is 5.57. The summed E-state index contributed by atoms with van der Waals surface area (Å²) in [6.45, 7) is 0.918. The summed E-state index contributed by atoms with van der Waals surface area (Å²) in [5.74, 6) is -1.41. The van der Waals surface area contributed by atoms with Crippen LogP contribution in [-0.2, 0) is 14.3 Å². The molecular formula is C16H13N3O4S. The molecule has 2 N–H and O–H groups in total. The van der Waals surface area contributed by atoms with Gasteiger partial charge in [-0.25, -0.2) is 4.79 Å². The van der Waals surface area contributed by atoms with Crippen LogP contribution in [0.4, 0.5) is 10.7 Å². The molecule has 0 saturated carbocycles. The topological polar surface area (TPSA) is 108 Å². The number of hydrogen-bond acceptors (Lipinski definition) is 6. The van der Waals surface area contributed by atoms with Crippen molar-refractivity contribution in [2.24, 2.45) is 0 Å². The third-order valence-electron chi connectivity index (χ3n) is 2.81. The summed E-state index contributed by atoms with van der Waals surface area (Å²) in [5, 5.41) is 16.0. The van der Waals surface area contributed by atoms with Gasteiger partial charge < -0.3 is 15.4 Å². The van der Waals surface area contributed by atoms with Gasteiger partial charge in [-0.3, -0.25) is 9.59 Å². The zero-order valence-corrected chi connectivity index (χ0v) is 13.5. The number of rotatable bonds is 5. The number of carbonyl (C=O) groups is 3. The highest BCUT2D eigenvalue weighted by atomic mass is 32.1. The Balaban J connectivity index is 1.87. The fourth-order valence-electron chi connectivity index (χ4n) is 1.76. The number of nitriles is 1. The van der Waals surface area contributed by atoms with E-state index >= 15 is 0 Å². The number of hydrogen-bond donors (Lipinski definition) is 2. The maximum atomic E-state index is 11.9. The molecule has 1 aromatic carbocycles. The van der Waals surface area contributed by atoms with Crippen molar-refractivity contribution < 1.29 is 19.1 Å². The second kappa shape index (κ2) is 7.89. The van der Waals surface area contributed by atoms with Gasteiger partial charge in [-0.2, -0.15) is 5.26 Å². The number of amides is 2. The third-order valence-corrected chi connectivity index (χ3v) is 3.64. The van der Waals surface area contributed by atoms with Gasteiger partial charge in [0.25, 0.3) is 5.91 Å². The van der Waals surface area contributed by atoms with Gasteiger partial charge in [0.1, 0.15) is 11.1 Å². The number of carbonyl (C=O) groups excluding carboxylic acids is 3. The van der Waals surface area contributed by atoms with Gasteiger partial charge >= 0.3 is 5.97 Å². The number of ether oxygens (including phenoxy) is 1. The highest BCUT2D eigenvalue weighted by molar-refractivity contribution is 7.14. The zero-order chi connectivity index (χ0) is 17.5. The summed E-state index contributed by atoms with van der Waals surface area (Å²) in [4.78, 5) is 34.5. The van der Waals surface area contributed by atoms with Gasteiger partial charge in [-0.1, -0.05) is 0 Å². The highest BCUT2D eigenvalue weighted by Crippen LogP contribution is 2.21. The van der Waals surface area contributed by atoms with Gasteiger partial charge in [0, 0.05) is 12.6 Å². The van der Waals surface area contributed by atoms with Crippen LogP contribution in [0.1, 0.15) is 22.8 Å². The molecule has 1 aromatic heterocycles. The van der Waals surface area contributed by atoms with Gasteiger partial charge in [-0.05, 0) is 35.7 Å². The number of nitrogens with one attached hydrogen (secondary N) is 2. The van der Waals surface area contributed by atoms with E-state index in [0.717, 1.165) is 0 Å². The van der Waals surface area contributed by atoms with Crippen LogP contribution in [0.2, 0.25) is 0 Å². The predicted octanol–water partition coefficient (Wildman–Crippen LogP) is 2.37. The molecule has 0 aliphatic carbocycles. The molecule has 24 heavy (non-hydrogen) atoms. The molecule has 1 heterocycles. The lowest BCUT2D eigenvalue weighted by molar-refractivity contribution is -0.119. The van der Waals surface area contributed by atoms with Crippen LogP contribution in [0.15, 0.2) is 35.7 Å². The summed E-state index contributed by atoms with van der Waals surface area (Å²) in [6.07, 6.45) is 0. The normalized spacial score (nSPS) is 9.67. The molecule has 7 nitrogen and oxygen atoms in total. The maximum absolute atomic E-state index is 11.9. The molecule has 2 rings (SSSR count). The Morgan fingerprint density at radius 1 is 1.17 bits per heavy atom.